The van der Waals surface area contributed by atoms with Gasteiger partial charge in [-0.1, -0.05) is 61.4 Å². The molecule has 0 aliphatic rings. The van der Waals surface area contributed by atoms with Crippen LogP contribution in [0.15, 0.2) is 9.85 Å². The first kappa shape index (κ1) is 15.7. The van der Waals surface area contributed by atoms with E-state index in [9.17, 15) is 0 Å². The van der Waals surface area contributed by atoms with Crippen LogP contribution in [-0.2, 0) is 0 Å². The van der Waals surface area contributed by atoms with Crippen molar-refractivity contribution in [1.82, 2.24) is 0 Å². The highest BCUT2D eigenvalue weighted by Gasteiger charge is 2.12. The summed E-state index contributed by atoms with van der Waals surface area (Å²) in [5, 5.41) is 0. The van der Waals surface area contributed by atoms with Crippen LogP contribution in [0, 0.1) is 6.92 Å². The predicted molar refractivity (Wildman–Crippen MR) is 86.4 cm³/mol. The van der Waals surface area contributed by atoms with Crippen molar-refractivity contribution in [3.05, 3.63) is 20.3 Å². The Kier molecular flexibility index (Phi) is 8.05. The van der Waals surface area contributed by atoms with E-state index >= 15 is 0 Å². The molecule has 0 fully saturated rings. The first-order valence-electron chi connectivity index (χ1n) is 6.55. The van der Waals surface area contributed by atoms with Gasteiger partial charge in [0, 0.05) is 9.70 Å². The Labute approximate surface area is 126 Å². The van der Waals surface area contributed by atoms with Crippen molar-refractivity contribution in [2.75, 3.05) is 0 Å². The molecule has 1 aromatic rings. The monoisotopic (exact) mass is 380 g/mol. The summed E-state index contributed by atoms with van der Waals surface area (Å²) in [6, 6.07) is 2.26. The van der Waals surface area contributed by atoms with E-state index in [2.05, 4.69) is 51.8 Å². The van der Waals surface area contributed by atoms with Gasteiger partial charge in [0.1, 0.15) is 0 Å². The quantitative estimate of drug-likeness (QED) is 0.335. The Morgan fingerprint density at radius 1 is 1.18 bits per heavy atom. The number of halogens is 2. The average molecular weight is 382 g/mol. The molecule has 17 heavy (non-hydrogen) atoms. The van der Waals surface area contributed by atoms with Crippen molar-refractivity contribution in [3.8, 4) is 0 Å². The molecular weight excluding hydrogens is 360 g/mol. The van der Waals surface area contributed by atoms with Crippen LogP contribution < -0.4 is 0 Å². The number of hydrogen-bond donors (Lipinski definition) is 0. The molecule has 1 aromatic heterocycles. The molecule has 0 N–H and O–H groups in total. The van der Waals surface area contributed by atoms with Gasteiger partial charge in [0.25, 0.3) is 0 Å². The molecule has 0 bridgehead atoms. The summed E-state index contributed by atoms with van der Waals surface area (Å²) >= 11 is 9.21. The lowest BCUT2D eigenvalue weighted by Crippen LogP contribution is -1.90. The van der Waals surface area contributed by atoms with E-state index in [1.165, 1.54) is 59.2 Å². The number of alkyl halides is 1. The zero-order valence-corrected chi connectivity index (χ0v) is 14.8. The molecule has 0 aliphatic carbocycles. The molecule has 1 unspecified atom stereocenters. The third kappa shape index (κ3) is 5.89. The number of unbranched alkanes of at least 4 members (excludes halogenated alkanes) is 5. The smallest absolute Gasteiger partial charge is 0.0704 e. The summed E-state index contributed by atoms with van der Waals surface area (Å²) in [7, 11) is 0. The first-order chi connectivity index (χ1) is 8.15. The normalized spacial score (nSPS) is 12.9. The highest BCUT2D eigenvalue weighted by Crippen LogP contribution is 2.37. The standard InChI is InChI=1S/C14H22Br2S/c1-3-4-5-6-7-8-9-13(15)12-10-14(16)17-11(12)2/h10,13H,3-9H2,1-2H3. The minimum absolute atomic E-state index is 0.538. The average Bonchev–Trinajstić information content (AvgIpc) is 2.62. The number of aryl methyl sites for hydroxylation is 1. The third-order valence-electron chi connectivity index (χ3n) is 3.07. The van der Waals surface area contributed by atoms with E-state index < -0.39 is 0 Å². The Morgan fingerprint density at radius 3 is 2.41 bits per heavy atom. The van der Waals surface area contributed by atoms with Gasteiger partial charge >= 0.3 is 0 Å². The van der Waals surface area contributed by atoms with Crippen LogP contribution in [-0.4, -0.2) is 0 Å². The summed E-state index contributed by atoms with van der Waals surface area (Å²) in [4.78, 5) is 1.97. The van der Waals surface area contributed by atoms with Gasteiger partial charge in [-0.3, -0.25) is 0 Å². The lowest BCUT2D eigenvalue weighted by molar-refractivity contribution is 0.588. The maximum Gasteiger partial charge on any atom is 0.0704 e. The summed E-state index contributed by atoms with van der Waals surface area (Å²) < 4.78 is 1.25. The minimum Gasteiger partial charge on any atom is -0.133 e. The Morgan fingerprint density at radius 2 is 1.82 bits per heavy atom. The van der Waals surface area contributed by atoms with Gasteiger partial charge in [-0.15, -0.1) is 11.3 Å². The molecular formula is C14H22Br2S. The molecule has 0 radical (unpaired) electrons. The van der Waals surface area contributed by atoms with E-state index in [1.807, 2.05) is 11.3 Å². The highest BCUT2D eigenvalue weighted by molar-refractivity contribution is 9.11. The molecule has 0 aromatic carbocycles. The van der Waals surface area contributed by atoms with Crippen LogP contribution in [0.3, 0.4) is 0 Å². The SMILES string of the molecule is CCCCCCCCC(Br)c1cc(Br)sc1C. The molecule has 1 heterocycles. The van der Waals surface area contributed by atoms with Crippen LogP contribution in [0.25, 0.3) is 0 Å². The molecule has 0 nitrogen and oxygen atoms in total. The second-order valence-corrected chi connectivity index (χ2v) is 8.33. The van der Waals surface area contributed by atoms with Crippen molar-refractivity contribution >= 4 is 43.2 Å². The van der Waals surface area contributed by atoms with Gasteiger partial charge in [0.15, 0.2) is 0 Å². The number of rotatable bonds is 8. The van der Waals surface area contributed by atoms with E-state index in [1.54, 1.807) is 0 Å². The lowest BCUT2D eigenvalue weighted by atomic mass is 10.1. The zero-order chi connectivity index (χ0) is 12.7. The highest BCUT2D eigenvalue weighted by atomic mass is 79.9. The van der Waals surface area contributed by atoms with Gasteiger partial charge in [-0.2, -0.15) is 0 Å². The second-order valence-electron chi connectivity index (χ2n) is 4.59. The molecule has 98 valence electrons. The van der Waals surface area contributed by atoms with Gasteiger partial charge < -0.3 is 0 Å². The molecule has 0 saturated carbocycles. The van der Waals surface area contributed by atoms with Crippen molar-refractivity contribution in [3.63, 3.8) is 0 Å². The fourth-order valence-corrected chi connectivity index (χ4v) is 4.75. The van der Waals surface area contributed by atoms with Crippen molar-refractivity contribution in [1.29, 1.82) is 0 Å². The molecule has 0 aliphatic heterocycles. The summed E-state index contributed by atoms with van der Waals surface area (Å²) in [5.74, 6) is 0. The summed E-state index contributed by atoms with van der Waals surface area (Å²) in [6.45, 7) is 4.48. The van der Waals surface area contributed by atoms with Crippen molar-refractivity contribution in [2.24, 2.45) is 0 Å². The van der Waals surface area contributed by atoms with Crippen LogP contribution in [0.4, 0.5) is 0 Å². The first-order valence-corrected chi connectivity index (χ1v) is 9.07. The molecule has 1 rings (SSSR count). The van der Waals surface area contributed by atoms with Crippen molar-refractivity contribution in [2.45, 2.75) is 63.6 Å². The lowest BCUT2D eigenvalue weighted by Gasteiger charge is -2.09. The maximum atomic E-state index is 3.82. The van der Waals surface area contributed by atoms with E-state index in [0.717, 1.165) is 0 Å². The van der Waals surface area contributed by atoms with Gasteiger partial charge in [-0.25, -0.2) is 0 Å². The van der Waals surface area contributed by atoms with Crippen LogP contribution in [0.5, 0.6) is 0 Å². The zero-order valence-electron chi connectivity index (χ0n) is 10.8. The van der Waals surface area contributed by atoms with Gasteiger partial charge in [-0.05, 0) is 40.9 Å². The number of thiophene rings is 1. The molecule has 0 amide bonds. The van der Waals surface area contributed by atoms with Gasteiger partial charge in [0.2, 0.25) is 0 Å². The van der Waals surface area contributed by atoms with Crippen LogP contribution >= 0.6 is 43.2 Å². The third-order valence-corrected chi connectivity index (χ3v) is 5.60. The number of hydrogen-bond acceptors (Lipinski definition) is 1. The Balaban J connectivity index is 2.21. The molecule has 3 heteroatoms. The fraction of sp³-hybridized carbons (Fsp3) is 0.714. The van der Waals surface area contributed by atoms with Gasteiger partial charge in [0.05, 0.1) is 3.79 Å². The summed E-state index contributed by atoms with van der Waals surface area (Å²) in [6.07, 6.45) is 9.53. The molecule has 0 spiro atoms. The van der Waals surface area contributed by atoms with E-state index in [-0.39, 0.29) is 0 Å². The topological polar surface area (TPSA) is 0 Å². The maximum absolute atomic E-state index is 3.82. The van der Waals surface area contributed by atoms with E-state index in [0.29, 0.717) is 4.83 Å². The molecule has 1 atom stereocenters. The largest absolute Gasteiger partial charge is 0.133 e. The summed E-state index contributed by atoms with van der Waals surface area (Å²) in [5.41, 5.74) is 1.47. The second kappa shape index (κ2) is 8.71. The van der Waals surface area contributed by atoms with Crippen LogP contribution in [0.1, 0.15) is 67.1 Å². The van der Waals surface area contributed by atoms with E-state index in [4.69, 9.17) is 0 Å². The van der Waals surface area contributed by atoms with Crippen molar-refractivity contribution < 1.29 is 0 Å². The predicted octanol–water partition coefficient (Wildman–Crippen LogP) is 7.01. The fourth-order valence-electron chi connectivity index (χ4n) is 2.03. The molecule has 0 saturated heterocycles. The Hall–Kier alpha value is 0.660. The van der Waals surface area contributed by atoms with Crippen LogP contribution in [0.2, 0.25) is 0 Å². The minimum atomic E-state index is 0.538. The Bertz CT molecular complexity index is 320.